The summed E-state index contributed by atoms with van der Waals surface area (Å²) >= 11 is 3.39. The molecule has 0 bridgehead atoms. The predicted octanol–water partition coefficient (Wildman–Crippen LogP) is 2.66. The molecule has 1 aromatic carbocycles. The van der Waals surface area contributed by atoms with Crippen LogP contribution in [0.2, 0.25) is 0 Å². The van der Waals surface area contributed by atoms with Gasteiger partial charge in [-0.2, -0.15) is 10.5 Å². The molecule has 3 rings (SSSR count). The Balaban J connectivity index is 2.21. The number of hydrogen-bond acceptors (Lipinski definition) is 6. The summed E-state index contributed by atoms with van der Waals surface area (Å²) in [5.41, 5.74) is 4.43. The number of nitrogens with two attached hydrogens (primary N) is 1. The SMILES string of the molecule is CCOC1(OCC)N=C(N)[C@@]2(C#N)[C@H](c3ccc(Br)cc3)[C@@]12C#N. The van der Waals surface area contributed by atoms with E-state index in [0.717, 1.165) is 10.0 Å². The molecule has 1 aliphatic carbocycles. The lowest BCUT2D eigenvalue weighted by atomic mass is 9.93. The summed E-state index contributed by atoms with van der Waals surface area (Å²) in [6.07, 6.45) is 0. The smallest absolute Gasteiger partial charge is 0.293 e. The van der Waals surface area contributed by atoms with Crippen molar-refractivity contribution in [3.63, 3.8) is 0 Å². The van der Waals surface area contributed by atoms with E-state index in [1.165, 1.54) is 0 Å². The van der Waals surface area contributed by atoms with Gasteiger partial charge in [0.05, 0.1) is 12.1 Å². The Morgan fingerprint density at radius 3 is 2.21 bits per heavy atom. The molecule has 0 radical (unpaired) electrons. The largest absolute Gasteiger partial charge is 0.386 e. The van der Waals surface area contributed by atoms with E-state index in [2.05, 4.69) is 33.1 Å². The molecule has 0 amide bonds. The molecule has 7 heteroatoms. The van der Waals surface area contributed by atoms with Crippen molar-refractivity contribution in [2.75, 3.05) is 13.2 Å². The molecule has 2 N–H and O–H groups in total. The van der Waals surface area contributed by atoms with E-state index in [9.17, 15) is 10.5 Å². The van der Waals surface area contributed by atoms with Crippen LogP contribution in [-0.4, -0.2) is 25.0 Å². The molecule has 0 saturated heterocycles. The number of aliphatic imine (C=N–C) groups is 1. The zero-order valence-corrected chi connectivity index (χ0v) is 15.0. The highest BCUT2D eigenvalue weighted by Gasteiger charge is 2.93. The Kier molecular flexibility index (Phi) is 3.92. The molecule has 3 atom stereocenters. The van der Waals surface area contributed by atoms with Gasteiger partial charge in [0.1, 0.15) is 11.3 Å². The minimum atomic E-state index is -1.55. The third kappa shape index (κ3) is 1.72. The van der Waals surface area contributed by atoms with Crippen LogP contribution in [0.25, 0.3) is 0 Å². The molecular weight excluding hydrogens is 372 g/mol. The van der Waals surface area contributed by atoms with Crippen LogP contribution < -0.4 is 5.73 Å². The van der Waals surface area contributed by atoms with Crippen molar-refractivity contribution < 1.29 is 9.47 Å². The molecule has 24 heavy (non-hydrogen) atoms. The van der Waals surface area contributed by atoms with Crippen LogP contribution in [0.15, 0.2) is 33.7 Å². The van der Waals surface area contributed by atoms with Gasteiger partial charge >= 0.3 is 0 Å². The molecular formula is C17H17BrN4O2. The van der Waals surface area contributed by atoms with Gasteiger partial charge in [-0.05, 0) is 31.5 Å². The fourth-order valence-corrected chi connectivity index (χ4v) is 4.17. The minimum Gasteiger partial charge on any atom is -0.386 e. The number of benzene rings is 1. The number of ether oxygens (including phenoxy) is 2. The molecule has 1 aliphatic heterocycles. The van der Waals surface area contributed by atoms with Gasteiger partial charge in [0.2, 0.25) is 0 Å². The zero-order chi connectivity index (χ0) is 17.6. The third-order valence-electron chi connectivity index (χ3n) is 4.81. The lowest BCUT2D eigenvalue weighted by Crippen LogP contribution is -2.43. The van der Waals surface area contributed by atoms with E-state index in [4.69, 9.17) is 15.2 Å². The Hall–Kier alpha value is -1.93. The second kappa shape index (κ2) is 5.56. The van der Waals surface area contributed by atoms with E-state index in [1.807, 2.05) is 24.3 Å². The van der Waals surface area contributed by atoms with Crippen molar-refractivity contribution in [3.05, 3.63) is 34.3 Å². The second-order valence-corrected chi connectivity index (χ2v) is 6.68. The normalized spacial score (nSPS) is 32.4. The third-order valence-corrected chi connectivity index (χ3v) is 5.34. The number of nitrogens with zero attached hydrogens (tertiary/aromatic N) is 3. The van der Waals surface area contributed by atoms with Gasteiger partial charge < -0.3 is 15.2 Å². The van der Waals surface area contributed by atoms with Crippen LogP contribution >= 0.6 is 15.9 Å². The lowest BCUT2D eigenvalue weighted by molar-refractivity contribution is -0.255. The summed E-state index contributed by atoms with van der Waals surface area (Å²) in [7, 11) is 0. The topological polar surface area (TPSA) is 104 Å². The summed E-state index contributed by atoms with van der Waals surface area (Å²) in [5, 5.41) is 20.0. The number of halogens is 1. The molecule has 0 aromatic heterocycles. The molecule has 0 spiro atoms. The van der Waals surface area contributed by atoms with Gasteiger partial charge in [0.25, 0.3) is 5.91 Å². The van der Waals surface area contributed by atoms with Crippen LogP contribution in [-0.2, 0) is 9.47 Å². The summed E-state index contributed by atoms with van der Waals surface area (Å²) in [6, 6.07) is 12.0. The van der Waals surface area contributed by atoms with Crippen molar-refractivity contribution in [1.82, 2.24) is 0 Å². The number of rotatable bonds is 5. The first-order chi connectivity index (χ1) is 11.5. The molecule has 1 fully saturated rings. The molecule has 1 aromatic rings. The monoisotopic (exact) mass is 388 g/mol. The molecule has 124 valence electrons. The fourth-order valence-electron chi connectivity index (χ4n) is 3.90. The van der Waals surface area contributed by atoms with Gasteiger partial charge in [0, 0.05) is 23.6 Å². The molecule has 6 nitrogen and oxygen atoms in total. The Morgan fingerprint density at radius 1 is 1.17 bits per heavy atom. The standard InChI is InChI=1S/C17H17BrN4O2/c1-3-23-17(24-4-2)16(10-20)13(11-5-7-12(18)8-6-11)15(16,9-19)14(21)22-17/h5-8,13H,3-4H2,1-2H3,(H2,21,22)/t13-,15+,16+/m0/s1. The summed E-state index contributed by atoms with van der Waals surface area (Å²) in [4.78, 5) is 4.31. The van der Waals surface area contributed by atoms with Crippen LogP contribution in [0.4, 0.5) is 0 Å². The summed E-state index contributed by atoms with van der Waals surface area (Å²) < 4.78 is 12.5. The first-order valence-corrected chi connectivity index (χ1v) is 8.50. The van der Waals surface area contributed by atoms with E-state index < -0.39 is 22.7 Å². The first-order valence-electron chi connectivity index (χ1n) is 7.71. The highest BCUT2D eigenvalue weighted by molar-refractivity contribution is 9.10. The van der Waals surface area contributed by atoms with Crippen LogP contribution in [0.1, 0.15) is 25.3 Å². The van der Waals surface area contributed by atoms with Crippen LogP contribution in [0.3, 0.4) is 0 Å². The quantitative estimate of drug-likeness (QED) is 0.780. The maximum atomic E-state index is 10.1. The molecule has 1 heterocycles. The Morgan fingerprint density at radius 2 is 1.75 bits per heavy atom. The number of fused-ring (bicyclic) bond motifs is 1. The number of nitriles is 2. The van der Waals surface area contributed by atoms with Gasteiger partial charge in [-0.25, -0.2) is 4.99 Å². The Bertz CT molecular complexity index is 773. The van der Waals surface area contributed by atoms with Crippen molar-refractivity contribution >= 4 is 21.8 Å². The van der Waals surface area contributed by atoms with Gasteiger partial charge in [0.15, 0.2) is 5.41 Å². The van der Waals surface area contributed by atoms with E-state index in [-0.39, 0.29) is 19.0 Å². The summed E-state index contributed by atoms with van der Waals surface area (Å²) in [6.45, 7) is 4.16. The molecule has 1 saturated carbocycles. The highest BCUT2D eigenvalue weighted by Crippen LogP contribution is 2.81. The average molecular weight is 389 g/mol. The minimum absolute atomic E-state index is 0.0985. The fraction of sp³-hybridized carbons (Fsp3) is 0.471. The van der Waals surface area contributed by atoms with Gasteiger partial charge in [-0.3, -0.25) is 0 Å². The number of hydrogen-bond donors (Lipinski definition) is 1. The average Bonchev–Trinajstić information content (AvgIpc) is 3.15. The van der Waals surface area contributed by atoms with Crippen LogP contribution in [0.5, 0.6) is 0 Å². The highest BCUT2D eigenvalue weighted by atomic mass is 79.9. The van der Waals surface area contributed by atoms with Crippen LogP contribution in [0, 0.1) is 33.5 Å². The van der Waals surface area contributed by atoms with Crippen molar-refractivity contribution in [1.29, 1.82) is 10.5 Å². The maximum absolute atomic E-state index is 10.1. The van der Waals surface area contributed by atoms with E-state index in [1.54, 1.807) is 13.8 Å². The zero-order valence-electron chi connectivity index (χ0n) is 13.4. The predicted molar refractivity (Wildman–Crippen MR) is 90.6 cm³/mol. The lowest BCUT2D eigenvalue weighted by Gasteiger charge is -2.31. The van der Waals surface area contributed by atoms with Crippen molar-refractivity contribution in [3.8, 4) is 12.1 Å². The van der Waals surface area contributed by atoms with Gasteiger partial charge in [-0.15, -0.1) is 0 Å². The maximum Gasteiger partial charge on any atom is 0.293 e. The van der Waals surface area contributed by atoms with E-state index >= 15 is 0 Å². The summed E-state index contributed by atoms with van der Waals surface area (Å²) in [5.74, 6) is -1.91. The number of amidine groups is 1. The van der Waals surface area contributed by atoms with E-state index in [0.29, 0.717) is 0 Å². The van der Waals surface area contributed by atoms with Gasteiger partial charge in [-0.1, -0.05) is 28.1 Å². The first kappa shape index (κ1) is 16.9. The second-order valence-electron chi connectivity index (χ2n) is 5.77. The molecule has 2 aliphatic rings. The van der Waals surface area contributed by atoms with Crippen molar-refractivity contribution in [2.45, 2.75) is 25.7 Å². The molecule has 0 unspecified atom stereocenters. The Labute approximate surface area is 149 Å². The van der Waals surface area contributed by atoms with Crippen molar-refractivity contribution in [2.24, 2.45) is 21.6 Å².